The van der Waals surface area contributed by atoms with Gasteiger partial charge in [0, 0.05) is 6.54 Å². The fourth-order valence-corrected chi connectivity index (χ4v) is 3.50. The van der Waals surface area contributed by atoms with Gasteiger partial charge in [-0.15, -0.1) is 0 Å². The molecule has 0 saturated carbocycles. The summed E-state index contributed by atoms with van der Waals surface area (Å²) in [5.74, 6) is 0.630. The molecule has 1 saturated heterocycles. The van der Waals surface area contributed by atoms with Crippen molar-refractivity contribution in [3.63, 3.8) is 0 Å². The number of rotatable bonds is 2. The van der Waals surface area contributed by atoms with Crippen LogP contribution in [0, 0.1) is 17.2 Å². The summed E-state index contributed by atoms with van der Waals surface area (Å²) in [4.78, 5) is 2.51. The average molecular weight is 342 g/mol. The van der Waals surface area contributed by atoms with E-state index in [2.05, 4.69) is 41.6 Å². The van der Waals surface area contributed by atoms with Crippen LogP contribution in [-0.2, 0) is 6.54 Å². The van der Waals surface area contributed by atoms with E-state index in [-0.39, 0.29) is 5.82 Å². The highest BCUT2D eigenvalue weighted by Crippen LogP contribution is 2.34. The normalized spacial score (nSPS) is 21.8. The summed E-state index contributed by atoms with van der Waals surface area (Å²) in [7, 11) is 0. The number of benzene rings is 1. The molecule has 1 aliphatic rings. The van der Waals surface area contributed by atoms with Crippen LogP contribution in [0.2, 0.25) is 0 Å². The number of nitrogens with zero attached hydrogens (tertiary/aromatic N) is 1. The average Bonchev–Trinajstić information content (AvgIpc) is 2.59. The summed E-state index contributed by atoms with van der Waals surface area (Å²) >= 11 is 3.27. The fourth-order valence-electron chi connectivity index (χ4n) is 3.08. The minimum absolute atomic E-state index is 0.183. The molecule has 2 rings (SSSR count). The van der Waals surface area contributed by atoms with E-state index in [4.69, 9.17) is 0 Å². The van der Waals surface area contributed by atoms with Crippen LogP contribution in [0.4, 0.5) is 4.39 Å². The molecule has 1 atom stereocenters. The van der Waals surface area contributed by atoms with Crippen LogP contribution in [0.25, 0.3) is 0 Å². The quantitative estimate of drug-likeness (QED) is 0.711. The standard InChI is InChI=1S/C17H25BrFN/c1-17(2,3)14-5-4-9-20(10-8-14)12-13-6-7-16(19)15(18)11-13/h6-7,11,14H,4-5,8-10,12H2,1-3H3. The van der Waals surface area contributed by atoms with Gasteiger partial charge in [-0.05, 0) is 77.3 Å². The Labute approximate surface area is 130 Å². The van der Waals surface area contributed by atoms with Crippen molar-refractivity contribution in [1.82, 2.24) is 4.90 Å². The highest BCUT2D eigenvalue weighted by molar-refractivity contribution is 9.10. The Balaban J connectivity index is 1.95. The lowest BCUT2D eigenvalue weighted by atomic mass is 9.77. The maximum Gasteiger partial charge on any atom is 0.137 e. The lowest BCUT2D eigenvalue weighted by Gasteiger charge is -2.29. The first-order valence-corrected chi connectivity index (χ1v) is 8.32. The van der Waals surface area contributed by atoms with Gasteiger partial charge in [-0.2, -0.15) is 0 Å². The number of hydrogen-bond acceptors (Lipinski definition) is 1. The first-order chi connectivity index (χ1) is 9.36. The summed E-state index contributed by atoms with van der Waals surface area (Å²) in [5, 5.41) is 0. The Morgan fingerprint density at radius 1 is 1.25 bits per heavy atom. The zero-order valence-corrected chi connectivity index (χ0v) is 14.3. The number of halogens is 2. The van der Waals surface area contributed by atoms with Crippen molar-refractivity contribution in [3.8, 4) is 0 Å². The monoisotopic (exact) mass is 341 g/mol. The second kappa shape index (κ2) is 6.57. The zero-order valence-electron chi connectivity index (χ0n) is 12.8. The number of likely N-dealkylation sites (tertiary alicyclic amines) is 1. The highest BCUT2D eigenvalue weighted by Gasteiger charge is 2.26. The molecule has 1 nitrogen and oxygen atoms in total. The minimum Gasteiger partial charge on any atom is -0.299 e. The van der Waals surface area contributed by atoms with Crippen molar-refractivity contribution in [2.45, 2.75) is 46.6 Å². The van der Waals surface area contributed by atoms with Crippen LogP contribution in [0.1, 0.15) is 45.6 Å². The summed E-state index contributed by atoms with van der Waals surface area (Å²) in [6.45, 7) is 10.3. The Kier molecular flexibility index (Phi) is 5.25. The van der Waals surface area contributed by atoms with Gasteiger partial charge in [0.2, 0.25) is 0 Å². The van der Waals surface area contributed by atoms with Crippen LogP contribution in [0.5, 0.6) is 0 Å². The van der Waals surface area contributed by atoms with E-state index >= 15 is 0 Å². The van der Waals surface area contributed by atoms with Crippen molar-refractivity contribution >= 4 is 15.9 Å². The van der Waals surface area contributed by atoms with Crippen LogP contribution in [0.3, 0.4) is 0 Å². The first-order valence-electron chi connectivity index (χ1n) is 7.52. The number of hydrogen-bond donors (Lipinski definition) is 0. The summed E-state index contributed by atoms with van der Waals surface area (Å²) in [5.41, 5.74) is 1.60. The zero-order chi connectivity index (χ0) is 14.8. The van der Waals surface area contributed by atoms with Crippen molar-refractivity contribution in [2.75, 3.05) is 13.1 Å². The van der Waals surface area contributed by atoms with Crippen molar-refractivity contribution < 1.29 is 4.39 Å². The maximum absolute atomic E-state index is 13.3. The Hall–Kier alpha value is -0.410. The smallest absolute Gasteiger partial charge is 0.137 e. The molecule has 0 bridgehead atoms. The second-order valence-corrected chi connectivity index (χ2v) is 7.87. The Morgan fingerprint density at radius 2 is 2.00 bits per heavy atom. The van der Waals surface area contributed by atoms with E-state index in [1.54, 1.807) is 6.07 Å². The third kappa shape index (κ3) is 4.29. The van der Waals surface area contributed by atoms with Crippen molar-refractivity contribution in [1.29, 1.82) is 0 Å². The van der Waals surface area contributed by atoms with Gasteiger partial charge < -0.3 is 0 Å². The molecule has 1 aromatic rings. The molecule has 0 N–H and O–H groups in total. The molecule has 3 heteroatoms. The van der Waals surface area contributed by atoms with Gasteiger partial charge in [0.15, 0.2) is 0 Å². The molecule has 1 aliphatic heterocycles. The van der Waals surface area contributed by atoms with E-state index in [1.807, 2.05) is 12.1 Å². The maximum atomic E-state index is 13.3. The molecule has 0 amide bonds. The van der Waals surface area contributed by atoms with Crippen LogP contribution >= 0.6 is 15.9 Å². The van der Waals surface area contributed by atoms with Gasteiger partial charge in [-0.1, -0.05) is 26.8 Å². The SMILES string of the molecule is CC(C)(C)C1CCCN(Cc2ccc(F)c(Br)c2)CC1. The van der Waals surface area contributed by atoms with E-state index in [9.17, 15) is 4.39 Å². The Bertz CT molecular complexity index is 453. The van der Waals surface area contributed by atoms with Crippen LogP contribution in [-0.4, -0.2) is 18.0 Å². The molecule has 0 aromatic heterocycles. The van der Waals surface area contributed by atoms with Gasteiger partial charge in [0.05, 0.1) is 4.47 Å². The largest absolute Gasteiger partial charge is 0.299 e. The van der Waals surface area contributed by atoms with Crippen molar-refractivity contribution in [3.05, 3.63) is 34.1 Å². The highest BCUT2D eigenvalue weighted by atomic mass is 79.9. The van der Waals surface area contributed by atoms with Gasteiger partial charge in [-0.25, -0.2) is 4.39 Å². The third-order valence-corrected chi connectivity index (χ3v) is 5.04. The molecular formula is C17H25BrFN. The molecule has 1 fully saturated rings. The van der Waals surface area contributed by atoms with Crippen LogP contribution < -0.4 is 0 Å². The van der Waals surface area contributed by atoms with Gasteiger partial charge >= 0.3 is 0 Å². The Morgan fingerprint density at radius 3 is 2.65 bits per heavy atom. The third-order valence-electron chi connectivity index (χ3n) is 4.44. The first kappa shape index (κ1) is 16.0. The molecule has 20 heavy (non-hydrogen) atoms. The van der Waals surface area contributed by atoms with E-state index < -0.39 is 0 Å². The van der Waals surface area contributed by atoms with Gasteiger partial charge in [0.25, 0.3) is 0 Å². The molecule has 1 heterocycles. The van der Waals surface area contributed by atoms with Crippen LogP contribution in [0.15, 0.2) is 22.7 Å². The summed E-state index contributed by atoms with van der Waals surface area (Å²) in [6, 6.07) is 5.35. The van der Waals surface area contributed by atoms with E-state index in [0.29, 0.717) is 9.89 Å². The summed E-state index contributed by atoms with van der Waals surface area (Å²) in [6.07, 6.45) is 3.86. The molecule has 0 aliphatic carbocycles. The molecule has 0 spiro atoms. The molecule has 0 radical (unpaired) electrons. The minimum atomic E-state index is -0.183. The topological polar surface area (TPSA) is 3.24 Å². The fraction of sp³-hybridized carbons (Fsp3) is 0.647. The predicted molar refractivity (Wildman–Crippen MR) is 86.2 cm³/mol. The van der Waals surface area contributed by atoms with E-state index in [0.717, 1.165) is 25.6 Å². The van der Waals surface area contributed by atoms with E-state index in [1.165, 1.54) is 24.8 Å². The predicted octanol–water partition coefficient (Wildman–Crippen LogP) is 5.24. The summed E-state index contributed by atoms with van der Waals surface area (Å²) < 4.78 is 13.8. The molecule has 1 aromatic carbocycles. The lowest BCUT2D eigenvalue weighted by Crippen LogP contribution is -2.26. The van der Waals surface area contributed by atoms with Gasteiger partial charge in [-0.3, -0.25) is 4.90 Å². The van der Waals surface area contributed by atoms with Gasteiger partial charge in [0.1, 0.15) is 5.82 Å². The molecule has 1 unspecified atom stereocenters. The molecule has 112 valence electrons. The molecular weight excluding hydrogens is 317 g/mol. The lowest BCUT2D eigenvalue weighted by molar-refractivity contribution is 0.206. The van der Waals surface area contributed by atoms with Crippen molar-refractivity contribution in [2.24, 2.45) is 11.3 Å². The second-order valence-electron chi connectivity index (χ2n) is 7.02.